The Morgan fingerprint density at radius 2 is 2.00 bits per heavy atom. The SMILES string of the molecule is CC(=O)CCCCc1ccc(O)cc1O. The van der Waals surface area contributed by atoms with Gasteiger partial charge in [-0.3, -0.25) is 0 Å². The number of benzene rings is 1. The fourth-order valence-corrected chi connectivity index (χ4v) is 1.45. The van der Waals surface area contributed by atoms with Crippen LogP contribution in [-0.4, -0.2) is 16.0 Å². The van der Waals surface area contributed by atoms with Gasteiger partial charge in [0.1, 0.15) is 17.3 Å². The highest BCUT2D eigenvalue weighted by Gasteiger charge is 2.02. The van der Waals surface area contributed by atoms with E-state index >= 15 is 0 Å². The number of Topliss-reactive ketones (excluding diaryl/α,β-unsaturated/α-hetero) is 1. The Kier molecular flexibility index (Phi) is 4.16. The highest BCUT2D eigenvalue weighted by atomic mass is 16.3. The van der Waals surface area contributed by atoms with Crippen molar-refractivity contribution in [2.75, 3.05) is 0 Å². The number of phenols is 2. The monoisotopic (exact) mass is 208 g/mol. The average Bonchev–Trinajstić information content (AvgIpc) is 2.14. The van der Waals surface area contributed by atoms with Gasteiger partial charge in [0.15, 0.2) is 0 Å². The summed E-state index contributed by atoms with van der Waals surface area (Å²) in [6, 6.07) is 4.60. The minimum Gasteiger partial charge on any atom is -0.508 e. The summed E-state index contributed by atoms with van der Waals surface area (Å²) in [6.45, 7) is 1.58. The topological polar surface area (TPSA) is 57.5 Å². The van der Waals surface area contributed by atoms with Crippen molar-refractivity contribution >= 4 is 5.78 Å². The molecule has 0 unspecified atom stereocenters. The minimum absolute atomic E-state index is 0.0694. The maximum absolute atomic E-state index is 10.7. The van der Waals surface area contributed by atoms with Crippen molar-refractivity contribution < 1.29 is 15.0 Å². The number of carbonyl (C=O) groups excluding carboxylic acids is 1. The van der Waals surface area contributed by atoms with Gasteiger partial charge in [0, 0.05) is 12.5 Å². The van der Waals surface area contributed by atoms with E-state index in [1.165, 1.54) is 6.07 Å². The van der Waals surface area contributed by atoms with Gasteiger partial charge in [-0.05, 0) is 37.8 Å². The molecule has 0 saturated heterocycles. The summed E-state index contributed by atoms with van der Waals surface area (Å²) in [7, 11) is 0. The Bertz CT molecular complexity index is 345. The molecule has 15 heavy (non-hydrogen) atoms. The maximum atomic E-state index is 10.7. The third-order valence-electron chi connectivity index (χ3n) is 2.29. The van der Waals surface area contributed by atoms with E-state index in [0.29, 0.717) is 6.42 Å². The molecular formula is C12H16O3. The summed E-state index contributed by atoms with van der Waals surface area (Å²) in [5.74, 6) is 0.391. The van der Waals surface area contributed by atoms with Crippen molar-refractivity contribution in [3.8, 4) is 11.5 Å². The molecule has 3 nitrogen and oxygen atoms in total. The smallest absolute Gasteiger partial charge is 0.129 e. The molecule has 0 aliphatic heterocycles. The van der Waals surface area contributed by atoms with Crippen LogP contribution in [0.25, 0.3) is 0 Å². The normalized spacial score (nSPS) is 10.2. The Morgan fingerprint density at radius 1 is 1.27 bits per heavy atom. The van der Waals surface area contributed by atoms with Crippen molar-refractivity contribution in [1.29, 1.82) is 0 Å². The lowest BCUT2D eigenvalue weighted by molar-refractivity contribution is -0.117. The van der Waals surface area contributed by atoms with E-state index in [1.807, 2.05) is 0 Å². The quantitative estimate of drug-likeness (QED) is 0.730. The predicted octanol–water partition coefficient (Wildman–Crippen LogP) is 2.40. The molecule has 0 radical (unpaired) electrons. The van der Waals surface area contributed by atoms with Gasteiger partial charge in [0.2, 0.25) is 0 Å². The fourth-order valence-electron chi connectivity index (χ4n) is 1.45. The summed E-state index contributed by atoms with van der Waals surface area (Å²) in [4.78, 5) is 10.7. The van der Waals surface area contributed by atoms with Crippen LogP contribution in [0.5, 0.6) is 11.5 Å². The summed E-state index contributed by atoms with van der Waals surface area (Å²) in [5.41, 5.74) is 0.816. The van der Waals surface area contributed by atoms with E-state index < -0.39 is 0 Å². The largest absolute Gasteiger partial charge is 0.508 e. The Hall–Kier alpha value is -1.51. The second-order valence-electron chi connectivity index (χ2n) is 3.72. The van der Waals surface area contributed by atoms with E-state index in [0.717, 1.165) is 24.8 Å². The van der Waals surface area contributed by atoms with Crippen LogP contribution in [-0.2, 0) is 11.2 Å². The summed E-state index contributed by atoms with van der Waals surface area (Å²) < 4.78 is 0. The van der Waals surface area contributed by atoms with E-state index in [9.17, 15) is 9.90 Å². The number of aryl methyl sites for hydroxylation is 1. The lowest BCUT2D eigenvalue weighted by Crippen LogP contribution is -1.91. The first kappa shape index (κ1) is 11.6. The zero-order chi connectivity index (χ0) is 11.3. The predicted molar refractivity (Wildman–Crippen MR) is 58.0 cm³/mol. The molecule has 82 valence electrons. The molecule has 2 N–H and O–H groups in total. The van der Waals surface area contributed by atoms with Crippen LogP contribution in [0.1, 0.15) is 31.7 Å². The highest BCUT2D eigenvalue weighted by molar-refractivity contribution is 5.75. The van der Waals surface area contributed by atoms with Gasteiger partial charge < -0.3 is 15.0 Å². The molecule has 0 amide bonds. The number of rotatable bonds is 5. The van der Waals surface area contributed by atoms with Gasteiger partial charge >= 0.3 is 0 Å². The van der Waals surface area contributed by atoms with Crippen molar-refractivity contribution in [3.63, 3.8) is 0 Å². The summed E-state index contributed by atoms with van der Waals surface area (Å²) in [6.07, 6.45) is 3.05. The van der Waals surface area contributed by atoms with Crippen LogP contribution in [0, 0.1) is 0 Å². The first-order chi connectivity index (χ1) is 7.09. The third kappa shape index (κ3) is 4.02. The van der Waals surface area contributed by atoms with Gasteiger partial charge in [0.05, 0.1) is 0 Å². The standard InChI is InChI=1S/C12H16O3/c1-9(13)4-2-3-5-10-6-7-11(14)8-12(10)15/h6-8,14-15H,2-5H2,1H3. The molecule has 1 aromatic rings. The molecule has 0 fully saturated rings. The number of ketones is 1. The van der Waals surface area contributed by atoms with Crippen LogP contribution < -0.4 is 0 Å². The lowest BCUT2D eigenvalue weighted by Gasteiger charge is -2.04. The number of aromatic hydroxyl groups is 2. The Balaban J connectivity index is 2.40. The lowest BCUT2D eigenvalue weighted by atomic mass is 10.1. The fraction of sp³-hybridized carbons (Fsp3) is 0.417. The van der Waals surface area contributed by atoms with Gasteiger partial charge in [-0.1, -0.05) is 6.07 Å². The van der Waals surface area contributed by atoms with Crippen LogP contribution in [0.2, 0.25) is 0 Å². The molecule has 1 rings (SSSR count). The van der Waals surface area contributed by atoms with E-state index in [1.54, 1.807) is 19.1 Å². The Labute approximate surface area is 89.4 Å². The highest BCUT2D eigenvalue weighted by Crippen LogP contribution is 2.24. The number of phenolic OH excluding ortho intramolecular Hbond substituents is 2. The number of hydrogen-bond acceptors (Lipinski definition) is 3. The number of hydrogen-bond donors (Lipinski definition) is 2. The van der Waals surface area contributed by atoms with Crippen LogP contribution in [0.15, 0.2) is 18.2 Å². The van der Waals surface area contributed by atoms with Gasteiger partial charge in [0.25, 0.3) is 0 Å². The summed E-state index contributed by atoms with van der Waals surface area (Å²) in [5, 5.41) is 18.6. The Morgan fingerprint density at radius 3 is 2.60 bits per heavy atom. The van der Waals surface area contributed by atoms with Gasteiger partial charge in [-0.25, -0.2) is 0 Å². The first-order valence-corrected chi connectivity index (χ1v) is 5.10. The molecule has 0 aliphatic carbocycles. The third-order valence-corrected chi connectivity index (χ3v) is 2.29. The van der Waals surface area contributed by atoms with Crippen molar-refractivity contribution in [2.24, 2.45) is 0 Å². The van der Waals surface area contributed by atoms with Crippen LogP contribution in [0.4, 0.5) is 0 Å². The van der Waals surface area contributed by atoms with Crippen molar-refractivity contribution in [2.45, 2.75) is 32.6 Å². The second-order valence-corrected chi connectivity index (χ2v) is 3.72. The molecule has 0 atom stereocenters. The summed E-state index contributed by atoms with van der Waals surface area (Å²) >= 11 is 0. The maximum Gasteiger partial charge on any atom is 0.129 e. The second kappa shape index (κ2) is 5.39. The zero-order valence-electron chi connectivity index (χ0n) is 8.86. The van der Waals surface area contributed by atoms with Crippen molar-refractivity contribution in [1.82, 2.24) is 0 Å². The van der Waals surface area contributed by atoms with Gasteiger partial charge in [-0.2, -0.15) is 0 Å². The zero-order valence-corrected chi connectivity index (χ0v) is 8.86. The van der Waals surface area contributed by atoms with Crippen LogP contribution in [0.3, 0.4) is 0 Å². The number of carbonyl (C=O) groups is 1. The molecule has 0 bridgehead atoms. The first-order valence-electron chi connectivity index (χ1n) is 5.10. The van der Waals surface area contributed by atoms with Crippen LogP contribution >= 0.6 is 0 Å². The van der Waals surface area contributed by atoms with Crippen molar-refractivity contribution in [3.05, 3.63) is 23.8 Å². The van der Waals surface area contributed by atoms with Gasteiger partial charge in [-0.15, -0.1) is 0 Å². The minimum atomic E-state index is 0.0694. The molecule has 0 heterocycles. The number of unbranched alkanes of at least 4 members (excludes halogenated alkanes) is 1. The molecule has 0 spiro atoms. The average molecular weight is 208 g/mol. The van der Waals surface area contributed by atoms with E-state index in [2.05, 4.69) is 0 Å². The molecule has 1 aromatic carbocycles. The molecule has 0 saturated carbocycles. The van der Waals surface area contributed by atoms with E-state index in [4.69, 9.17) is 5.11 Å². The molecule has 0 aliphatic rings. The molecular weight excluding hydrogens is 192 g/mol. The molecule has 3 heteroatoms. The van der Waals surface area contributed by atoms with E-state index in [-0.39, 0.29) is 17.3 Å². The molecule has 0 aromatic heterocycles.